The van der Waals surface area contributed by atoms with Crippen molar-refractivity contribution in [3.63, 3.8) is 0 Å². The van der Waals surface area contributed by atoms with E-state index in [0.717, 1.165) is 37.1 Å². The minimum absolute atomic E-state index is 0.370. The summed E-state index contributed by atoms with van der Waals surface area (Å²) in [4.78, 5) is 8.70. The van der Waals surface area contributed by atoms with E-state index >= 15 is 0 Å². The maximum atomic E-state index is 5.81. The molecule has 0 spiro atoms. The summed E-state index contributed by atoms with van der Waals surface area (Å²) in [6, 6.07) is 0.392. The van der Waals surface area contributed by atoms with Crippen LogP contribution in [-0.2, 0) is 4.74 Å². The van der Waals surface area contributed by atoms with Crippen molar-refractivity contribution in [3.8, 4) is 0 Å². The Hall–Kier alpha value is -1.36. The molecule has 2 aliphatic rings. The third-order valence-electron chi connectivity index (χ3n) is 3.55. The van der Waals surface area contributed by atoms with Crippen LogP contribution in [0.15, 0.2) is 12.4 Å². The topological polar surface area (TPSA) is 59.1 Å². The zero-order valence-electron chi connectivity index (χ0n) is 10.7. The van der Waals surface area contributed by atoms with Gasteiger partial charge in [0.15, 0.2) is 0 Å². The van der Waals surface area contributed by atoms with E-state index in [0.29, 0.717) is 12.1 Å². The van der Waals surface area contributed by atoms with Gasteiger partial charge in [-0.05, 0) is 32.1 Å². The van der Waals surface area contributed by atoms with Gasteiger partial charge in [-0.25, -0.2) is 4.98 Å². The lowest BCUT2D eigenvalue weighted by Gasteiger charge is -2.20. The Kier molecular flexibility index (Phi) is 3.32. The van der Waals surface area contributed by atoms with Gasteiger partial charge in [-0.3, -0.25) is 4.98 Å². The van der Waals surface area contributed by atoms with Crippen LogP contribution in [0.4, 0.5) is 11.6 Å². The Balaban J connectivity index is 1.65. The van der Waals surface area contributed by atoms with Gasteiger partial charge in [0.25, 0.3) is 0 Å². The van der Waals surface area contributed by atoms with E-state index in [1.165, 1.54) is 12.8 Å². The summed E-state index contributed by atoms with van der Waals surface area (Å²) >= 11 is 0. The van der Waals surface area contributed by atoms with Gasteiger partial charge in [-0.15, -0.1) is 0 Å². The SMILES string of the molecule is CCNc1cncc(NC2CCOC2C2CC2)n1. The second kappa shape index (κ2) is 5.10. The van der Waals surface area contributed by atoms with E-state index in [1.54, 1.807) is 12.4 Å². The summed E-state index contributed by atoms with van der Waals surface area (Å²) in [6.45, 7) is 3.77. The first-order valence-electron chi connectivity index (χ1n) is 6.81. The van der Waals surface area contributed by atoms with Crippen LogP contribution in [0.2, 0.25) is 0 Å². The predicted octanol–water partition coefficient (Wildman–Crippen LogP) is 1.89. The lowest BCUT2D eigenvalue weighted by Crippen LogP contribution is -2.31. The molecule has 1 saturated heterocycles. The molecule has 0 bridgehead atoms. The van der Waals surface area contributed by atoms with Crippen LogP contribution in [0.1, 0.15) is 26.2 Å². The van der Waals surface area contributed by atoms with Gasteiger partial charge >= 0.3 is 0 Å². The fourth-order valence-electron chi connectivity index (χ4n) is 2.55. The number of hydrogen-bond acceptors (Lipinski definition) is 5. The minimum atomic E-state index is 0.370. The quantitative estimate of drug-likeness (QED) is 0.833. The second-order valence-corrected chi connectivity index (χ2v) is 5.03. The van der Waals surface area contributed by atoms with E-state index in [4.69, 9.17) is 4.74 Å². The third kappa shape index (κ3) is 2.56. The molecular weight excluding hydrogens is 228 g/mol. The standard InChI is InChI=1S/C13H20N4O/c1-2-15-11-7-14-8-12(17-11)16-10-5-6-18-13(10)9-3-4-9/h7-10,13H,2-6H2,1H3,(H2,15,16,17). The normalized spacial score (nSPS) is 27.2. The molecule has 2 fully saturated rings. The molecule has 0 aromatic carbocycles. The average molecular weight is 248 g/mol. The fourth-order valence-corrected chi connectivity index (χ4v) is 2.55. The molecule has 2 unspecified atom stereocenters. The fraction of sp³-hybridized carbons (Fsp3) is 0.692. The summed E-state index contributed by atoms with van der Waals surface area (Å²) in [5, 5.41) is 6.65. The molecule has 1 saturated carbocycles. The molecule has 1 aliphatic carbocycles. The Morgan fingerprint density at radius 3 is 2.89 bits per heavy atom. The summed E-state index contributed by atoms with van der Waals surface area (Å²) in [6.07, 6.45) is 7.59. The van der Waals surface area contributed by atoms with Crippen molar-refractivity contribution >= 4 is 11.6 Å². The van der Waals surface area contributed by atoms with Gasteiger partial charge in [-0.2, -0.15) is 0 Å². The summed E-state index contributed by atoms with van der Waals surface area (Å²) in [5.74, 6) is 2.42. The van der Waals surface area contributed by atoms with E-state index in [9.17, 15) is 0 Å². The van der Waals surface area contributed by atoms with Crippen molar-refractivity contribution in [1.29, 1.82) is 0 Å². The van der Waals surface area contributed by atoms with E-state index in [1.807, 2.05) is 0 Å². The molecule has 2 N–H and O–H groups in total. The number of aromatic nitrogens is 2. The Labute approximate surface area is 107 Å². The van der Waals surface area contributed by atoms with Crippen molar-refractivity contribution in [2.24, 2.45) is 5.92 Å². The van der Waals surface area contributed by atoms with Crippen molar-refractivity contribution in [1.82, 2.24) is 9.97 Å². The molecule has 5 nitrogen and oxygen atoms in total. The molecule has 2 atom stereocenters. The summed E-state index contributed by atoms with van der Waals surface area (Å²) in [7, 11) is 0. The Morgan fingerprint density at radius 1 is 1.28 bits per heavy atom. The number of ether oxygens (including phenoxy) is 1. The van der Waals surface area contributed by atoms with Gasteiger partial charge < -0.3 is 15.4 Å². The zero-order chi connectivity index (χ0) is 12.4. The Bertz CT molecular complexity index is 408. The molecular formula is C13H20N4O. The molecule has 0 radical (unpaired) electrons. The first-order valence-corrected chi connectivity index (χ1v) is 6.81. The number of hydrogen-bond donors (Lipinski definition) is 2. The van der Waals surface area contributed by atoms with Gasteiger partial charge in [0.05, 0.1) is 24.5 Å². The molecule has 1 aliphatic heterocycles. The highest BCUT2D eigenvalue weighted by Crippen LogP contribution is 2.39. The van der Waals surface area contributed by atoms with Gasteiger partial charge in [0.2, 0.25) is 0 Å². The zero-order valence-corrected chi connectivity index (χ0v) is 10.7. The van der Waals surface area contributed by atoms with Gasteiger partial charge in [-0.1, -0.05) is 0 Å². The lowest BCUT2D eigenvalue weighted by molar-refractivity contribution is 0.0898. The smallest absolute Gasteiger partial charge is 0.147 e. The van der Waals surface area contributed by atoms with Crippen molar-refractivity contribution in [3.05, 3.63) is 12.4 Å². The largest absolute Gasteiger partial charge is 0.376 e. The molecule has 0 amide bonds. The van der Waals surface area contributed by atoms with E-state index < -0.39 is 0 Å². The van der Waals surface area contributed by atoms with Crippen LogP contribution in [0.25, 0.3) is 0 Å². The maximum Gasteiger partial charge on any atom is 0.147 e. The number of nitrogens with zero attached hydrogens (tertiary/aromatic N) is 2. The first kappa shape index (κ1) is 11.7. The van der Waals surface area contributed by atoms with E-state index in [-0.39, 0.29) is 0 Å². The third-order valence-corrected chi connectivity index (χ3v) is 3.55. The van der Waals surface area contributed by atoms with E-state index in [2.05, 4.69) is 27.5 Å². The molecule has 18 heavy (non-hydrogen) atoms. The molecule has 1 aromatic heterocycles. The second-order valence-electron chi connectivity index (χ2n) is 5.03. The van der Waals surface area contributed by atoms with Crippen LogP contribution < -0.4 is 10.6 Å². The number of anilines is 2. The predicted molar refractivity (Wildman–Crippen MR) is 70.7 cm³/mol. The van der Waals surface area contributed by atoms with Crippen molar-refractivity contribution in [2.45, 2.75) is 38.3 Å². The van der Waals surface area contributed by atoms with Crippen LogP contribution in [0.5, 0.6) is 0 Å². The van der Waals surface area contributed by atoms with Crippen molar-refractivity contribution < 1.29 is 4.74 Å². The first-order chi connectivity index (χ1) is 8.86. The van der Waals surface area contributed by atoms with Crippen molar-refractivity contribution in [2.75, 3.05) is 23.8 Å². The van der Waals surface area contributed by atoms with Gasteiger partial charge in [0.1, 0.15) is 11.6 Å². The highest BCUT2D eigenvalue weighted by atomic mass is 16.5. The monoisotopic (exact) mass is 248 g/mol. The highest BCUT2D eigenvalue weighted by molar-refractivity contribution is 5.42. The van der Waals surface area contributed by atoms with Crippen LogP contribution in [0, 0.1) is 5.92 Å². The molecule has 1 aromatic rings. The number of rotatable bonds is 5. The van der Waals surface area contributed by atoms with Crippen LogP contribution in [-0.4, -0.2) is 35.3 Å². The maximum absolute atomic E-state index is 5.81. The Morgan fingerprint density at radius 2 is 2.11 bits per heavy atom. The lowest BCUT2D eigenvalue weighted by atomic mass is 10.1. The molecule has 3 rings (SSSR count). The van der Waals surface area contributed by atoms with Crippen LogP contribution >= 0.6 is 0 Å². The molecule has 5 heteroatoms. The summed E-state index contributed by atoms with van der Waals surface area (Å²) < 4.78 is 5.81. The van der Waals surface area contributed by atoms with Crippen LogP contribution in [0.3, 0.4) is 0 Å². The minimum Gasteiger partial charge on any atom is -0.376 e. The average Bonchev–Trinajstić information content (AvgIpc) is 3.12. The molecule has 98 valence electrons. The van der Waals surface area contributed by atoms with Gasteiger partial charge in [0, 0.05) is 13.2 Å². The summed E-state index contributed by atoms with van der Waals surface area (Å²) in [5.41, 5.74) is 0. The molecule has 2 heterocycles. The highest BCUT2D eigenvalue weighted by Gasteiger charge is 2.40. The number of nitrogens with one attached hydrogen (secondary N) is 2.